The molecule has 1 aliphatic carbocycles. The third kappa shape index (κ3) is 4.15. The molecule has 1 unspecified atom stereocenters. The number of nitrogens with two attached hydrogens (primary N) is 1. The van der Waals surface area contributed by atoms with Crippen LogP contribution in [0.1, 0.15) is 44.9 Å². The van der Waals surface area contributed by atoms with Crippen LogP contribution < -0.4 is 16.0 Å². The number of nitrogens with one attached hydrogen (secondary N) is 1. The molecule has 1 aromatic carbocycles. The van der Waals surface area contributed by atoms with Gasteiger partial charge in [0.15, 0.2) is 0 Å². The lowest BCUT2D eigenvalue weighted by atomic mass is 9.71. The van der Waals surface area contributed by atoms with Crippen molar-refractivity contribution in [3.05, 3.63) is 29.3 Å². The Balaban J connectivity index is 1.60. The van der Waals surface area contributed by atoms with Crippen LogP contribution in [0.4, 0.5) is 5.69 Å². The summed E-state index contributed by atoms with van der Waals surface area (Å²) in [7, 11) is 0. The number of halogens is 1. The minimum Gasteiger partial charge on any atom is -0.344 e. The zero-order valence-corrected chi connectivity index (χ0v) is 15.2. The number of carbonyl (C=O) groups excluding carboxylic acids is 2. The largest absolute Gasteiger partial charge is 0.344 e. The molecule has 5 nitrogen and oxygen atoms in total. The van der Waals surface area contributed by atoms with Gasteiger partial charge in [-0.3, -0.25) is 9.59 Å². The summed E-state index contributed by atoms with van der Waals surface area (Å²) < 4.78 is 0. The molecule has 2 fully saturated rings. The van der Waals surface area contributed by atoms with E-state index in [-0.39, 0.29) is 17.2 Å². The van der Waals surface area contributed by atoms with Gasteiger partial charge in [0.05, 0.1) is 0 Å². The number of benzene rings is 1. The van der Waals surface area contributed by atoms with Gasteiger partial charge in [0, 0.05) is 23.7 Å². The number of carbonyl (C=O) groups is 2. The molecule has 1 saturated heterocycles. The van der Waals surface area contributed by atoms with Gasteiger partial charge in [0.1, 0.15) is 6.04 Å². The average molecular weight is 364 g/mol. The summed E-state index contributed by atoms with van der Waals surface area (Å²) in [5.41, 5.74) is 6.66. The van der Waals surface area contributed by atoms with Gasteiger partial charge < -0.3 is 16.0 Å². The van der Waals surface area contributed by atoms with Crippen molar-refractivity contribution in [1.82, 2.24) is 5.32 Å². The SMILES string of the molecule is NCC1(CC(=O)NC2CCN(c3cccc(Cl)c3)C2=O)CCCCC1. The van der Waals surface area contributed by atoms with Crippen molar-refractivity contribution in [2.75, 3.05) is 18.0 Å². The summed E-state index contributed by atoms with van der Waals surface area (Å²) in [6.45, 7) is 1.12. The zero-order valence-electron chi connectivity index (χ0n) is 14.5. The summed E-state index contributed by atoms with van der Waals surface area (Å²) in [6, 6.07) is 6.78. The molecule has 1 heterocycles. The van der Waals surface area contributed by atoms with Gasteiger partial charge in [-0.1, -0.05) is 36.9 Å². The summed E-state index contributed by atoms with van der Waals surface area (Å²) in [6.07, 6.45) is 6.54. The molecule has 2 aliphatic rings. The molecule has 25 heavy (non-hydrogen) atoms. The van der Waals surface area contributed by atoms with Crippen molar-refractivity contribution >= 4 is 29.1 Å². The van der Waals surface area contributed by atoms with Crippen LogP contribution in [0.5, 0.6) is 0 Å². The molecule has 0 spiro atoms. The maximum atomic E-state index is 12.6. The molecular formula is C19H26ClN3O2. The van der Waals surface area contributed by atoms with Crippen LogP contribution in [0.3, 0.4) is 0 Å². The first kappa shape index (κ1) is 18.2. The van der Waals surface area contributed by atoms with Gasteiger partial charge in [0.25, 0.3) is 0 Å². The Kier molecular flexibility index (Phi) is 5.64. The number of hydrogen-bond acceptors (Lipinski definition) is 3. The second-order valence-electron chi connectivity index (χ2n) is 7.32. The molecule has 3 rings (SSSR count). The summed E-state index contributed by atoms with van der Waals surface area (Å²) in [4.78, 5) is 26.8. The maximum Gasteiger partial charge on any atom is 0.249 e. The van der Waals surface area contributed by atoms with Gasteiger partial charge in [-0.25, -0.2) is 0 Å². The fraction of sp³-hybridized carbons (Fsp3) is 0.579. The zero-order chi connectivity index (χ0) is 17.9. The van der Waals surface area contributed by atoms with E-state index in [0.717, 1.165) is 31.4 Å². The Morgan fingerprint density at radius 1 is 1.32 bits per heavy atom. The second kappa shape index (κ2) is 7.75. The predicted octanol–water partition coefficient (Wildman–Crippen LogP) is 2.86. The second-order valence-corrected chi connectivity index (χ2v) is 7.76. The fourth-order valence-corrected chi connectivity index (χ4v) is 4.24. The van der Waals surface area contributed by atoms with Gasteiger partial charge >= 0.3 is 0 Å². The van der Waals surface area contributed by atoms with E-state index < -0.39 is 6.04 Å². The van der Waals surface area contributed by atoms with E-state index in [1.54, 1.807) is 17.0 Å². The van der Waals surface area contributed by atoms with Crippen molar-refractivity contribution in [2.24, 2.45) is 11.1 Å². The minimum absolute atomic E-state index is 0.0568. The highest BCUT2D eigenvalue weighted by Gasteiger charge is 2.37. The number of anilines is 1. The first-order valence-electron chi connectivity index (χ1n) is 9.09. The number of amides is 2. The molecule has 136 valence electrons. The number of nitrogens with zero attached hydrogens (tertiary/aromatic N) is 1. The molecule has 0 radical (unpaired) electrons. The summed E-state index contributed by atoms with van der Waals surface area (Å²) in [5, 5.41) is 3.53. The Bertz CT molecular complexity index is 643. The molecule has 1 aromatic rings. The van der Waals surface area contributed by atoms with E-state index >= 15 is 0 Å². The molecule has 1 atom stereocenters. The van der Waals surface area contributed by atoms with E-state index in [0.29, 0.717) is 31.0 Å². The third-order valence-electron chi connectivity index (χ3n) is 5.54. The monoisotopic (exact) mass is 363 g/mol. The molecular weight excluding hydrogens is 338 g/mol. The lowest BCUT2D eigenvalue weighted by Gasteiger charge is -2.35. The fourth-order valence-electron chi connectivity index (χ4n) is 4.06. The van der Waals surface area contributed by atoms with Crippen LogP contribution in [0.2, 0.25) is 5.02 Å². The highest BCUT2D eigenvalue weighted by Crippen LogP contribution is 2.38. The third-order valence-corrected chi connectivity index (χ3v) is 5.78. The Morgan fingerprint density at radius 3 is 2.76 bits per heavy atom. The first-order chi connectivity index (χ1) is 12.0. The minimum atomic E-state index is -0.454. The van der Waals surface area contributed by atoms with E-state index in [1.165, 1.54) is 6.42 Å². The Morgan fingerprint density at radius 2 is 2.08 bits per heavy atom. The van der Waals surface area contributed by atoms with Crippen LogP contribution in [-0.2, 0) is 9.59 Å². The molecule has 2 amide bonds. The van der Waals surface area contributed by atoms with E-state index in [1.807, 2.05) is 12.1 Å². The van der Waals surface area contributed by atoms with Gasteiger partial charge in [-0.2, -0.15) is 0 Å². The Labute approximate surface area is 153 Å². The summed E-state index contributed by atoms with van der Waals surface area (Å²) in [5.74, 6) is -0.125. The molecule has 0 bridgehead atoms. The van der Waals surface area contributed by atoms with E-state index in [2.05, 4.69) is 5.32 Å². The van der Waals surface area contributed by atoms with E-state index in [4.69, 9.17) is 17.3 Å². The molecule has 3 N–H and O–H groups in total. The van der Waals surface area contributed by atoms with Gasteiger partial charge in [-0.05, 0) is 49.4 Å². The highest BCUT2D eigenvalue weighted by atomic mass is 35.5. The van der Waals surface area contributed by atoms with Crippen molar-refractivity contribution in [1.29, 1.82) is 0 Å². The smallest absolute Gasteiger partial charge is 0.249 e. The maximum absolute atomic E-state index is 12.6. The lowest BCUT2D eigenvalue weighted by molar-refractivity contribution is -0.128. The Hall–Kier alpha value is -1.59. The number of rotatable bonds is 5. The molecule has 0 aromatic heterocycles. The predicted molar refractivity (Wildman–Crippen MR) is 99.5 cm³/mol. The molecule has 6 heteroatoms. The first-order valence-corrected chi connectivity index (χ1v) is 9.47. The van der Waals surface area contributed by atoms with Gasteiger partial charge in [-0.15, -0.1) is 0 Å². The molecule has 1 aliphatic heterocycles. The van der Waals surface area contributed by atoms with Crippen LogP contribution in [0.25, 0.3) is 0 Å². The van der Waals surface area contributed by atoms with Gasteiger partial charge in [0.2, 0.25) is 11.8 Å². The topological polar surface area (TPSA) is 75.4 Å². The average Bonchev–Trinajstić information content (AvgIpc) is 2.96. The van der Waals surface area contributed by atoms with Crippen molar-refractivity contribution < 1.29 is 9.59 Å². The summed E-state index contributed by atoms with van der Waals surface area (Å²) >= 11 is 6.01. The van der Waals surface area contributed by atoms with Crippen LogP contribution >= 0.6 is 11.6 Å². The van der Waals surface area contributed by atoms with Crippen LogP contribution in [-0.4, -0.2) is 30.9 Å². The van der Waals surface area contributed by atoms with Crippen LogP contribution in [0, 0.1) is 5.41 Å². The van der Waals surface area contributed by atoms with Crippen LogP contribution in [0.15, 0.2) is 24.3 Å². The number of hydrogen-bond donors (Lipinski definition) is 2. The normalized spacial score (nSPS) is 22.9. The van der Waals surface area contributed by atoms with Crippen molar-refractivity contribution in [3.8, 4) is 0 Å². The standard InChI is InChI=1S/C19H26ClN3O2/c20-14-5-4-6-15(11-14)23-10-7-16(18(23)25)22-17(24)12-19(13-21)8-2-1-3-9-19/h4-6,11,16H,1-3,7-10,12-13,21H2,(H,22,24). The van der Waals surface area contributed by atoms with E-state index in [9.17, 15) is 9.59 Å². The highest BCUT2D eigenvalue weighted by molar-refractivity contribution is 6.31. The van der Waals surface area contributed by atoms with Crippen molar-refractivity contribution in [2.45, 2.75) is 51.0 Å². The lowest BCUT2D eigenvalue weighted by Crippen LogP contribution is -2.45. The molecule has 1 saturated carbocycles. The quantitative estimate of drug-likeness (QED) is 0.844. The van der Waals surface area contributed by atoms with Crippen molar-refractivity contribution in [3.63, 3.8) is 0 Å².